The highest BCUT2D eigenvalue weighted by Gasteiger charge is 2.23. The van der Waals surface area contributed by atoms with E-state index >= 15 is 0 Å². The third-order valence-corrected chi connectivity index (χ3v) is 5.61. The Labute approximate surface area is 186 Å². The van der Waals surface area contributed by atoms with Gasteiger partial charge in [0.05, 0.1) is 23.3 Å². The highest BCUT2D eigenvalue weighted by Crippen LogP contribution is 2.20. The van der Waals surface area contributed by atoms with Crippen molar-refractivity contribution in [2.75, 3.05) is 6.54 Å². The molecule has 3 aromatic carbocycles. The van der Waals surface area contributed by atoms with Crippen molar-refractivity contribution in [2.24, 2.45) is 5.10 Å². The van der Waals surface area contributed by atoms with Gasteiger partial charge in [0.1, 0.15) is 24.7 Å². The maximum atomic E-state index is 13.1. The summed E-state index contributed by atoms with van der Waals surface area (Å²) in [5.41, 5.74) is 4.93. The van der Waals surface area contributed by atoms with Crippen LogP contribution in [0.3, 0.4) is 0 Å². The minimum Gasteiger partial charge on any atom is -0.486 e. The zero-order valence-corrected chi connectivity index (χ0v) is 17.9. The van der Waals surface area contributed by atoms with Gasteiger partial charge in [-0.05, 0) is 36.8 Å². The van der Waals surface area contributed by atoms with Crippen molar-refractivity contribution in [1.29, 1.82) is 0 Å². The van der Waals surface area contributed by atoms with Crippen molar-refractivity contribution in [3.05, 3.63) is 95.8 Å². The Bertz CT molecular complexity index is 1280. The number of carbonyl (C=O) groups excluding carboxylic acids is 1. The Morgan fingerprint density at radius 1 is 0.969 bits per heavy atom. The number of carbonyl (C=O) groups is 1. The van der Waals surface area contributed by atoms with Crippen LogP contribution < -0.4 is 4.74 Å². The summed E-state index contributed by atoms with van der Waals surface area (Å²) >= 11 is 0. The molecule has 1 aliphatic heterocycles. The number of amides is 1. The molecular formula is C26H24N4O2. The van der Waals surface area contributed by atoms with E-state index in [9.17, 15) is 4.79 Å². The van der Waals surface area contributed by atoms with Crippen molar-refractivity contribution in [2.45, 2.75) is 26.5 Å². The van der Waals surface area contributed by atoms with Crippen LogP contribution in [0, 0.1) is 6.92 Å². The number of hydrogen-bond donors (Lipinski definition) is 0. The Balaban J connectivity index is 1.37. The molecule has 0 spiro atoms. The zero-order valence-electron chi connectivity index (χ0n) is 17.9. The summed E-state index contributed by atoms with van der Waals surface area (Å²) in [5, 5.41) is 6.16. The molecule has 0 N–H and O–H groups in total. The summed E-state index contributed by atoms with van der Waals surface area (Å²) in [6.45, 7) is 3.08. The van der Waals surface area contributed by atoms with Crippen LogP contribution in [0.1, 0.15) is 23.4 Å². The molecule has 1 aliphatic rings. The van der Waals surface area contributed by atoms with E-state index in [-0.39, 0.29) is 19.1 Å². The van der Waals surface area contributed by atoms with Crippen LogP contribution in [-0.2, 0) is 17.9 Å². The van der Waals surface area contributed by atoms with Gasteiger partial charge in [-0.25, -0.2) is 9.99 Å². The van der Waals surface area contributed by atoms with Gasteiger partial charge in [0.2, 0.25) is 0 Å². The fourth-order valence-electron chi connectivity index (χ4n) is 3.88. The number of benzene rings is 3. The first kappa shape index (κ1) is 20.0. The highest BCUT2D eigenvalue weighted by molar-refractivity contribution is 6.02. The molecule has 4 aromatic rings. The second-order valence-corrected chi connectivity index (χ2v) is 7.88. The molecule has 6 heteroatoms. The Kier molecular flexibility index (Phi) is 5.42. The maximum Gasteiger partial charge on any atom is 0.262 e. The average Bonchev–Trinajstić information content (AvgIpc) is 3.45. The van der Waals surface area contributed by atoms with Crippen molar-refractivity contribution in [3.63, 3.8) is 0 Å². The molecule has 1 aromatic heterocycles. The molecule has 2 heterocycles. The molecule has 0 radical (unpaired) electrons. The highest BCUT2D eigenvalue weighted by atomic mass is 16.5. The van der Waals surface area contributed by atoms with Crippen LogP contribution >= 0.6 is 0 Å². The molecule has 0 unspecified atom stereocenters. The number of nitrogens with zero attached hydrogens (tertiary/aromatic N) is 4. The van der Waals surface area contributed by atoms with Crippen LogP contribution in [0.15, 0.2) is 84.0 Å². The average molecular weight is 425 g/mol. The predicted octanol–water partition coefficient (Wildman–Crippen LogP) is 4.56. The SMILES string of the molecule is Cc1ccc(OCc2nc3ccccc3n2CC(=O)N2CCC(c3ccccc3)=N2)cc1. The number of hydrogen-bond acceptors (Lipinski definition) is 4. The van der Waals surface area contributed by atoms with Crippen LogP contribution in [0.2, 0.25) is 0 Å². The lowest BCUT2D eigenvalue weighted by molar-refractivity contribution is -0.131. The van der Waals surface area contributed by atoms with Gasteiger partial charge in [-0.1, -0.05) is 60.2 Å². The molecule has 0 aliphatic carbocycles. The third-order valence-electron chi connectivity index (χ3n) is 5.61. The van der Waals surface area contributed by atoms with E-state index in [1.807, 2.05) is 90.4 Å². The number of ether oxygens (including phenoxy) is 1. The maximum absolute atomic E-state index is 13.1. The van der Waals surface area contributed by atoms with Crippen molar-refractivity contribution in [1.82, 2.24) is 14.6 Å². The van der Waals surface area contributed by atoms with Gasteiger partial charge in [-0.3, -0.25) is 4.79 Å². The lowest BCUT2D eigenvalue weighted by Crippen LogP contribution is -2.28. The Morgan fingerprint density at radius 3 is 2.53 bits per heavy atom. The number of rotatable bonds is 6. The topological polar surface area (TPSA) is 59.7 Å². The second-order valence-electron chi connectivity index (χ2n) is 7.88. The normalized spacial score (nSPS) is 13.4. The monoisotopic (exact) mass is 424 g/mol. The molecule has 0 fully saturated rings. The molecule has 0 saturated carbocycles. The van der Waals surface area contributed by atoms with E-state index < -0.39 is 0 Å². The predicted molar refractivity (Wildman–Crippen MR) is 125 cm³/mol. The third kappa shape index (κ3) is 4.12. The zero-order chi connectivity index (χ0) is 21.9. The van der Waals surface area contributed by atoms with Crippen molar-refractivity contribution < 1.29 is 9.53 Å². The quantitative estimate of drug-likeness (QED) is 0.456. The van der Waals surface area contributed by atoms with Crippen LogP contribution in [-0.4, -0.2) is 32.7 Å². The summed E-state index contributed by atoms with van der Waals surface area (Å²) in [4.78, 5) is 17.8. The fraction of sp³-hybridized carbons (Fsp3) is 0.192. The minimum absolute atomic E-state index is 0.0596. The smallest absolute Gasteiger partial charge is 0.262 e. The van der Waals surface area contributed by atoms with Gasteiger partial charge < -0.3 is 9.30 Å². The van der Waals surface area contributed by atoms with E-state index in [1.165, 1.54) is 5.56 Å². The van der Waals surface area contributed by atoms with Gasteiger partial charge in [-0.15, -0.1) is 0 Å². The van der Waals surface area contributed by atoms with E-state index in [0.717, 1.165) is 34.5 Å². The molecular weight excluding hydrogens is 400 g/mol. The second kappa shape index (κ2) is 8.67. The summed E-state index contributed by atoms with van der Waals surface area (Å²) in [6.07, 6.45) is 0.754. The molecule has 5 rings (SSSR count). The molecule has 32 heavy (non-hydrogen) atoms. The fourth-order valence-corrected chi connectivity index (χ4v) is 3.88. The Morgan fingerprint density at radius 2 is 1.72 bits per heavy atom. The number of fused-ring (bicyclic) bond motifs is 1. The van der Waals surface area contributed by atoms with Gasteiger partial charge in [0, 0.05) is 6.42 Å². The number of para-hydroxylation sites is 2. The molecule has 0 bridgehead atoms. The van der Waals surface area contributed by atoms with Crippen molar-refractivity contribution in [3.8, 4) is 5.75 Å². The van der Waals surface area contributed by atoms with Crippen LogP contribution in [0.25, 0.3) is 11.0 Å². The van der Waals surface area contributed by atoms with Crippen LogP contribution in [0.4, 0.5) is 0 Å². The lowest BCUT2D eigenvalue weighted by Gasteiger charge is -2.14. The number of aryl methyl sites for hydroxylation is 1. The van der Waals surface area contributed by atoms with E-state index in [1.54, 1.807) is 5.01 Å². The van der Waals surface area contributed by atoms with E-state index in [2.05, 4.69) is 5.10 Å². The largest absolute Gasteiger partial charge is 0.486 e. The Hall–Kier alpha value is -3.93. The first-order valence-electron chi connectivity index (χ1n) is 10.7. The van der Waals surface area contributed by atoms with Gasteiger partial charge in [0.25, 0.3) is 5.91 Å². The molecule has 0 saturated heterocycles. The standard InChI is InChI=1S/C26H24N4O2/c1-19-11-13-21(14-12-19)32-18-25-27-23-9-5-6-10-24(23)29(25)17-26(31)30-16-15-22(28-30)20-7-3-2-4-8-20/h2-14H,15-18H2,1H3. The first-order chi connectivity index (χ1) is 15.7. The molecule has 0 atom stereocenters. The first-order valence-corrected chi connectivity index (χ1v) is 10.7. The van der Waals surface area contributed by atoms with E-state index in [0.29, 0.717) is 12.4 Å². The molecule has 6 nitrogen and oxygen atoms in total. The van der Waals surface area contributed by atoms with Gasteiger partial charge in [0.15, 0.2) is 0 Å². The number of aromatic nitrogens is 2. The van der Waals surface area contributed by atoms with Gasteiger partial charge >= 0.3 is 0 Å². The van der Waals surface area contributed by atoms with E-state index in [4.69, 9.17) is 9.72 Å². The summed E-state index contributed by atoms with van der Waals surface area (Å²) in [7, 11) is 0. The lowest BCUT2D eigenvalue weighted by atomic mass is 10.1. The number of hydrazone groups is 1. The summed E-state index contributed by atoms with van der Waals surface area (Å²) < 4.78 is 7.90. The van der Waals surface area contributed by atoms with Crippen LogP contribution in [0.5, 0.6) is 5.75 Å². The molecule has 1 amide bonds. The van der Waals surface area contributed by atoms with Crippen molar-refractivity contribution >= 4 is 22.7 Å². The van der Waals surface area contributed by atoms with Gasteiger partial charge in [-0.2, -0.15) is 5.10 Å². The minimum atomic E-state index is -0.0596. The summed E-state index contributed by atoms with van der Waals surface area (Å²) in [5.74, 6) is 1.43. The number of imidazole rings is 1. The molecule has 160 valence electrons. The summed E-state index contributed by atoms with van der Waals surface area (Å²) in [6, 6.07) is 25.7.